The lowest BCUT2D eigenvalue weighted by Gasteiger charge is -2.17. The van der Waals surface area contributed by atoms with Crippen molar-refractivity contribution in [3.8, 4) is 17.1 Å². The average Bonchev–Trinajstić information content (AvgIpc) is 2.63. The van der Waals surface area contributed by atoms with Gasteiger partial charge in [0.1, 0.15) is 17.1 Å². The molecule has 7 nitrogen and oxygen atoms in total. The highest BCUT2D eigenvalue weighted by molar-refractivity contribution is 6.24. The summed E-state index contributed by atoms with van der Waals surface area (Å²) in [4.78, 5) is 37.4. The smallest absolute Gasteiger partial charge is 0.267 e. The standard InChI is InChI=1S/C18H14O7/c1-22-10-6-4-9(5-7-10)12-8-11(19)13-14(20)17(23-2)18(24-3)15(21)16(13)25-12/h4-8H,1-3H3. The first-order valence-corrected chi connectivity index (χ1v) is 7.26. The fraction of sp³-hybridized carbons (Fsp3) is 0.167. The summed E-state index contributed by atoms with van der Waals surface area (Å²) in [6.07, 6.45) is 0. The minimum Gasteiger partial charge on any atom is -0.497 e. The van der Waals surface area contributed by atoms with E-state index in [9.17, 15) is 14.4 Å². The molecule has 0 amide bonds. The molecule has 2 aromatic rings. The van der Waals surface area contributed by atoms with Gasteiger partial charge in [-0.15, -0.1) is 0 Å². The topological polar surface area (TPSA) is 92.0 Å². The molecule has 25 heavy (non-hydrogen) atoms. The van der Waals surface area contributed by atoms with Gasteiger partial charge in [-0.2, -0.15) is 0 Å². The van der Waals surface area contributed by atoms with Crippen molar-refractivity contribution in [2.45, 2.75) is 0 Å². The Balaban J connectivity index is 2.18. The van der Waals surface area contributed by atoms with Gasteiger partial charge in [0.2, 0.25) is 17.3 Å². The molecule has 0 aliphatic heterocycles. The minimum atomic E-state index is -0.746. The zero-order chi connectivity index (χ0) is 18.1. The van der Waals surface area contributed by atoms with Crippen LogP contribution in [0.15, 0.2) is 51.1 Å². The Bertz CT molecular complexity index is 948. The van der Waals surface area contributed by atoms with Gasteiger partial charge in [-0.05, 0) is 24.3 Å². The molecule has 1 heterocycles. The third-order valence-electron chi connectivity index (χ3n) is 3.78. The molecule has 1 aliphatic carbocycles. The Morgan fingerprint density at radius 2 is 1.40 bits per heavy atom. The molecule has 0 atom stereocenters. The number of ether oxygens (including phenoxy) is 3. The molecule has 3 rings (SSSR count). The van der Waals surface area contributed by atoms with Crippen molar-refractivity contribution >= 4 is 11.6 Å². The van der Waals surface area contributed by atoms with Crippen molar-refractivity contribution in [3.05, 3.63) is 63.4 Å². The summed E-state index contributed by atoms with van der Waals surface area (Å²) in [7, 11) is 3.98. The van der Waals surface area contributed by atoms with Crippen molar-refractivity contribution in [1.82, 2.24) is 0 Å². The van der Waals surface area contributed by atoms with Gasteiger partial charge in [0.15, 0.2) is 11.2 Å². The van der Waals surface area contributed by atoms with Gasteiger partial charge in [0, 0.05) is 11.6 Å². The van der Waals surface area contributed by atoms with Crippen molar-refractivity contribution < 1.29 is 28.2 Å². The van der Waals surface area contributed by atoms with E-state index in [4.69, 9.17) is 18.6 Å². The Morgan fingerprint density at radius 3 is 1.96 bits per heavy atom. The molecule has 0 saturated carbocycles. The number of rotatable bonds is 4. The van der Waals surface area contributed by atoms with Crippen LogP contribution in [-0.4, -0.2) is 32.9 Å². The van der Waals surface area contributed by atoms with Crippen LogP contribution in [-0.2, 0) is 9.47 Å². The van der Waals surface area contributed by atoms with Crippen molar-refractivity contribution in [2.24, 2.45) is 0 Å². The number of allylic oxidation sites excluding steroid dienone is 2. The third-order valence-corrected chi connectivity index (χ3v) is 3.78. The van der Waals surface area contributed by atoms with Crippen LogP contribution in [0.4, 0.5) is 0 Å². The van der Waals surface area contributed by atoms with Crippen LogP contribution in [0.5, 0.6) is 5.75 Å². The molecular formula is C18H14O7. The third kappa shape index (κ3) is 2.59. The van der Waals surface area contributed by atoms with E-state index in [1.807, 2.05) is 0 Å². The monoisotopic (exact) mass is 342 g/mol. The number of hydrogen-bond donors (Lipinski definition) is 0. The van der Waals surface area contributed by atoms with Gasteiger partial charge in [-0.3, -0.25) is 14.4 Å². The Hall–Kier alpha value is -3.35. The number of fused-ring (bicyclic) bond motifs is 1. The maximum Gasteiger partial charge on any atom is 0.267 e. The summed E-state index contributed by atoms with van der Waals surface area (Å²) in [6, 6.07) is 7.88. The molecule has 0 fully saturated rings. The lowest BCUT2D eigenvalue weighted by atomic mass is 9.96. The fourth-order valence-corrected chi connectivity index (χ4v) is 2.56. The number of benzene rings is 1. The van der Waals surface area contributed by atoms with E-state index < -0.39 is 17.0 Å². The van der Waals surface area contributed by atoms with Gasteiger partial charge in [-0.25, -0.2) is 0 Å². The molecule has 128 valence electrons. The van der Waals surface area contributed by atoms with E-state index in [0.717, 1.165) is 6.07 Å². The van der Waals surface area contributed by atoms with Crippen LogP contribution < -0.4 is 10.2 Å². The second-order valence-electron chi connectivity index (χ2n) is 5.13. The number of carbonyl (C=O) groups is 2. The summed E-state index contributed by atoms with van der Waals surface area (Å²) in [5.41, 5.74) is -0.434. The molecule has 1 aromatic heterocycles. The van der Waals surface area contributed by atoms with Crippen LogP contribution in [0.2, 0.25) is 0 Å². The van der Waals surface area contributed by atoms with Crippen molar-refractivity contribution in [1.29, 1.82) is 0 Å². The van der Waals surface area contributed by atoms with E-state index >= 15 is 0 Å². The molecule has 1 aromatic carbocycles. The normalized spacial score (nSPS) is 13.6. The van der Waals surface area contributed by atoms with Crippen molar-refractivity contribution in [2.75, 3.05) is 21.3 Å². The van der Waals surface area contributed by atoms with Gasteiger partial charge in [-0.1, -0.05) is 0 Å². The lowest BCUT2D eigenvalue weighted by molar-refractivity contribution is 0.0804. The van der Waals surface area contributed by atoms with Crippen LogP contribution in [0, 0.1) is 0 Å². The van der Waals surface area contributed by atoms with E-state index in [0.29, 0.717) is 11.3 Å². The zero-order valence-electron chi connectivity index (χ0n) is 13.7. The van der Waals surface area contributed by atoms with Gasteiger partial charge < -0.3 is 18.6 Å². The highest BCUT2D eigenvalue weighted by atomic mass is 16.5. The lowest BCUT2D eigenvalue weighted by Crippen LogP contribution is -2.29. The average molecular weight is 342 g/mol. The SMILES string of the molecule is COC1=C(OC)C(=O)c2c(oc(-c3ccc(OC)cc3)cc2=O)C1=O. The predicted octanol–water partition coefficient (Wildman–Crippen LogP) is 2.20. The molecule has 1 aliphatic rings. The second-order valence-corrected chi connectivity index (χ2v) is 5.13. The quantitative estimate of drug-likeness (QED) is 0.841. The van der Waals surface area contributed by atoms with Crippen LogP contribution in [0.1, 0.15) is 20.9 Å². The zero-order valence-corrected chi connectivity index (χ0v) is 13.7. The van der Waals surface area contributed by atoms with Gasteiger partial charge in [0.05, 0.1) is 21.3 Å². The number of hydrogen-bond acceptors (Lipinski definition) is 7. The van der Waals surface area contributed by atoms with Crippen LogP contribution in [0.3, 0.4) is 0 Å². The van der Waals surface area contributed by atoms with Crippen LogP contribution in [0.25, 0.3) is 11.3 Å². The Morgan fingerprint density at radius 1 is 0.800 bits per heavy atom. The second kappa shape index (κ2) is 6.27. The maximum absolute atomic E-state index is 12.5. The summed E-state index contributed by atoms with van der Waals surface area (Å²) in [5, 5.41) is 0. The number of methoxy groups -OCH3 is 3. The minimum absolute atomic E-state index is 0.156. The molecule has 0 unspecified atom stereocenters. The fourth-order valence-electron chi connectivity index (χ4n) is 2.56. The van der Waals surface area contributed by atoms with Gasteiger partial charge >= 0.3 is 0 Å². The van der Waals surface area contributed by atoms with E-state index in [2.05, 4.69) is 0 Å². The molecule has 7 heteroatoms. The highest BCUT2D eigenvalue weighted by Gasteiger charge is 2.39. The molecule has 0 bridgehead atoms. The first kappa shape index (κ1) is 16.5. The summed E-state index contributed by atoms with van der Waals surface area (Å²) in [6.45, 7) is 0. The summed E-state index contributed by atoms with van der Waals surface area (Å²) in [5.74, 6) is -1.65. The largest absolute Gasteiger partial charge is 0.497 e. The van der Waals surface area contributed by atoms with E-state index in [1.54, 1.807) is 24.3 Å². The maximum atomic E-state index is 12.5. The Labute approximate surface area is 142 Å². The predicted molar refractivity (Wildman–Crippen MR) is 86.7 cm³/mol. The molecule has 0 N–H and O–H groups in total. The van der Waals surface area contributed by atoms with Gasteiger partial charge in [0.25, 0.3) is 5.78 Å². The number of Topliss-reactive ketones (excluding diaryl/α,β-unsaturated/α-hetero) is 2. The number of ketones is 2. The van der Waals surface area contributed by atoms with E-state index in [-0.39, 0.29) is 28.6 Å². The summed E-state index contributed by atoms with van der Waals surface area (Å²) >= 11 is 0. The Kier molecular flexibility index (Phi) is 4.14. The van der Waals surface area contributed by atoms with E-state index in [1.165, 1.54) is 21.3 Å². The molecule has 0 saturated heterocycles. The first-order chi connectivity index (χ1) is 12.0. The molecule has 0 radical (unpaired) electrons. The molecular weight excluding hydrogens is 328 g/mol. The summed E-state index contributed by atoms with van der Waals surface area (Å²) < 4.78 is 20.5. The first-order valence-electron chi connectivity index (χ1n) is 7.26. The molecule has 0 spiro atoms. The van der Waals surface area contributed by atoms with Crippen molar-refractivity contribution in [3.63, 3.8) is 0 Å². The van der Waals surface area contributed by atoms with Crippen LogP contribution >= 0.6 is 0 Å². The number of carbonyl (C=O) groups excluding carboxylic acids is 2. The highest BCUT2D eigenvalue weighted by Crippen LogP contribution is 2.29.